The summed E-state index contributed by atoms with van der Waals surface area (Å²) in [5, 5.41) is 0. The summed E-state index contributed by atoms with van der Waals surface area (Å²) in [6.07, 6.45) is 0. The van der Waals surface area contributed by atoms with Gasteiger partial charge in [0.05, 0.1) is 12.2 Å². The monoisotopic (exact) mass is 260 g/mol. The molecule has 0 saturated heterocycles. The molecule has 0 aliphatic heterocycles. The largest absolute Gasteiger partial charge is 0.355 e. The van der Waals surface area contributed by atoms with E-state index in [1.807, 2.05) is 0 Å². The van der Waals surface area contributed by atoms with Gasteiger partial charge >= 0.3 is 5.76 Å². The van der Waals surface area contributed by atoms with Crippen molar-refractivity contribution in [3.8, 4) is 11.8 Å². The number of anilines is 1. The van der Waals surface area contributed by atoms with Crippen LogP contribution in [0.1, 0.15) is 5.56 Å². The summed E-state index contributed by atoms with van der Waals surface area (Å²) in [6, 6.07) is 5.98. The van der Waals surface area contributed by atoms with Crippen molar-refractivity contribution in [2.45, 2.75) is 5.76 Å². The van der Waals surface area contributed by atoms with Crippen LogP contribution in [0.2, 0.25) is 0 Å². The average Bonchev–Trinajstić information content (AvgIpc) is 2.27. The lowest BCUT2D eigenvalue weighted by Crippen LogP contribution is -2.21. The highest BCUT2D eigenvalue weighted by Crippen LogP contribution is 2.17. The number of benzene rings is 1. The minimum Gasteiger partial charge on any atom is -0.320 e. The van der Waals surface area contributed by atoms with Crippen molar-refractivity contribution >= 4 is 15.7 Å². The molecule has 4 nitrogen and oxygen atoms in total. The van der Waals surface area contributed by atoms with Gasteiger partial charge in [-0.15, -0.1) is 0 Å². The minimum atomic E-state index is -4.68. The maximum absolute atomic E-state index is 12.2. The molecule has 0 spiro atoms. The van der Waals surface area contributed by atoms with Crippen LogP contribution in [0.4, 0.5) is 14.5 Å². The molecule has 0 aliphatic carbocycles. The zero-order valence-corrected chi connectivity index (χ0v) is 9.47. The normalized spacial score (nSPS) is 10.8. The molecule has 92 valence electrons. The quantitative estimate of drug-likeness (QED) is 0.795. The lowest BCUT2D eigenvalue weighted by atomic mass is 10.2. The van der Waals surface area contributed by atoms with Crippen LogP contribution < -0.4 is 10.5 Å². The van der Waals surface area contributed by atoms with Crippen LogP contribution in [-0.4, -0.2) is 20.7 Å². The van der Waals surface area contributed by atoms with Crippen molar-refractivity contribution in [3.05, 3.63) is 29.8 Å². The van der Waals surface area contributed by atoms with Crippen LogP contribution in [0.5, 0.6) is 0 Å². The van der Waals surface area contributed by atoms with Gasteiger partial charge in [0, 0.05) is 5.56 Å². The van der Waals surface area contributed by atoms with Crippen LogP contribution in [0, 0.1) is 11.8 Å². The number of para-hydroxylation sites is 1. The highest BCUT2D eigenvalue weighted by molar-refractivity contribution is 7.93. The second-order valence-electron chi connectivity index (χ2n) is 2.96. The summed E-state index contributed by atoms with van der Waals surface area (Å²) in [4.78, 5) is 0. The van der Waals surface area contributed by atoms with Crippen LogP contribution in [-0.2, 0) is 10.0 Å². The van der Waals surface area contributed by atoms with Crippen molar-refractivity contribution in [2.24, 2.45) is 5.73 Å². The highest BCUT2D eigenvalue weighted by atomic mass is 32.2. The summed E-state index contributed by atoms with van der Waals surface area (Å²) in [7, 11) is -4.68. The Balaban J connectivity index is 3.07. The molecule has 0 aliphatic rings. The molecule has 1 aromatic carbocycles. The first-order valence-corrected chi connectivity index (χ1v) is 6.10. The van der Waals surface area contributed by atoms with E-state index in [0.717, 1.165) is 0 Å². The van der Waals surface area contributed by atoms with E-state index in [2.05, 4.69) is 11.8 Å². The molecule has 1 aromatic rings. The van der Waals surface area contributed by atoms with Crippen LogP contribution >= 0.6 is 0 Å². The van der Waals surface area contributed by atoms with Gasteiger partial charge in [-0.2, -0.15) is 8.78 Å². The lowest BCUT2D eigenvalue weighted by Gasteiger charge is -2.08. The fraction of sp³-hybridized carbons (Fsp3) is 0.200. The Labute approximate surface area is 97.9 Å². The van der Waals surface area contributed by atoms with Gasteiger partial charge in [0.25, 0.3) is 10.0 Å². The van der Waals surface area contributed by atoms with Crippen molar-refractivity contribution < 1.29 is 17.2 Å². The fourth-order valence-corrected chi connectivity index (χ4v) is 1.60. The fourth-order valence-electron chi connectivity index (χ4n) is 1.03. The van der Waals surface area contributed by atoms with Gasteiger partial charge in [-0.1, -0.05) is 24.0 Å². The first kappa shape index (κ1) is 13.4. The molecule has 0 bridgehead atoms. The Morgan fingerprint density at radius 2 is 2.00 bits per heavy atom. The topological polar surface area (TPSA) is 72.2 Å². The van der Waals surface area contributed by atoms with Crippen molar-refractivity contribution in [2.75, 3.05) is 11.3 Å². The number of alkyl halides is 2. The molecular formula is C10H10F2N2O2S. The van der Waals surface area contributed by atoms with E-state index in [4.69, 9.17) is 5.73 Å². The molecule has 3 N–H and O–H groups in total. The molecule has 0 heterocycles. The molecule has 0 atom stereocenters. The number of rotatable bonds is 3. The van der Waals surface area contributed by atoms with E-state index < -0.39 is 15.8 Å². The molecular weight excluding hydrogens is 250 g/mol. The van der Waals surface area contributed by atoms with Crippen LogP contribution in [0.15, 0.2) is 24.3 Å². The predicted octanol–water partition coefficient (Wildman–Crippen LogP) is 0.961. The van der Waals surface area contributed by atoms with E-state index in [-0.39, 0.29) is 12.2 Å². The minimum absolute atomic E-state index is 0.00810. The van der Waals surface area contributed by atoms with Crippen LogP contribution in [0.25, 0.3) is 0 Å². The van der Waals surface area contributed by atoms with E-state index in [1.165, 1.54) is 18.2 Å². The number of hydrogen-bond donors (Lipinski definition) is 2. The second-order valence-corrected chi connectivity index (χ2v) is 4.61. The maximum atomic E-state index is 12.2. The summed E-state index contributed by atoms with van der Waals surface area (Å²) < 4.78 is 48.1. The number of nitrogens with two attached hydrogens (primary N) is 1. The third-order valence-electron chi connectivity index (χ3n) is 1.74. The van der Waals surface area contributed by atoms with Crippen molar-refractivity contribution in [1.82, 2.24) is 0 Å². The number of sulfonamides is 1. The molecule has 17 heavy (non-hydrogen) atoms. The molecule has 0 fully saturated rings. The summed E-state index contributed by atoms with van der Waals surface area (Å²) >= 11 is 0. The zero-order chi connectivity index (χ0) is 12.9. The molecule has 0 saturated carbocycles. The van der Waals surface area contributed by atoms with E-state index in [1.54, 1.807) is 10.8 Å². The van der Waals surface area contributed by atoms with E-state index in [0.29, 0.717) is 5.56 Å². The van der Waals surface area contributed by atoms with Gasteiger partial charge in [-0.25, -0.2) is 8.42 Å². The maximum Gasteiger partial charge on any atom is 0.355 e. The molecule has 0 unspecified atom stereocenters. The molecule has 0 radical (unpaired) electrons. The first-order chi connectivity index (χ1) is 7.97. The van der Waals surface area contributed by atoms with Gasteiger partial charge in [0.2, 0.25) is 0 Å². The SMILES string of the molecule is NCC#Cc1ccccc1NS(=O)(=O)C(F)F. The van der Waals surface area contributed by atoms with E-state index in [9.17, 15) is 17.2 Å². The highest BCUT2D eigenvalue weighted by Gasteiger charge is 2.24. The summed E-state index contributed by atoms with van der Waals surface area (Å²) in [5.41, 5.74) is 5.47. The van der Waals surface area contributed by atoms with Crippen LogP contribution in [0.3, 0.4) is 0 Å². The zero-order valence-electron chi connectivity index (χ0n) is 8.65. The Kier molecular flexibility index (Phi) is 4.43. The average molecular weight is 260 g/mol. The third kappa shape index (κ3) is 3.69. The van der Waals surface area contributed by atoms with Crippen molar-refractivity contribution in [3.63, 3.8) is 0 Å². The van der Waals surface area contributed by atoms with Gasteiger partial charge in [0.1, 0.15) is 0 Å². The lowest BCUT2D eigenvalue weighted by molar-refractivity contribution is 0.236. The number of hydrogen-bond acceptors (Lipinski definition) is 3. The first-order valence-electron chi connectivity index (χ1n) is 4.55. The molecule has 0 amide bonds. The standard InChI is InChI=1S/C10H10F2N2O2S/c11-10(12)17(15,16)14-9-6-2-1-4-8(9)5-3-7-13/h1-2,4,6,10,14H,7,13H2. The number of halogens is 2. The Morgan fingerprint density at radius 3 is 2.59 bits per heavy atom. The van der Waals surface area contributed by atoms with Gasteiger partial charge in [0.15, 0.2) is 0 Å². The summed E-state index contributed by atoms with van der Waals surface area (Å²) in [6.45, 7) is 0.0932. The Morgan fingerprint density at radius 1 is 1.35 bits per heavy atom. The Bertz CT molecular complexity index is 547. The summed E-state index contributed by atoms with van der Waals surface area (Å²) in [5.74, 6) is 1.62. The van der Waals surface area contributed by atoms with Gasteiger partial charge in [-0.3, -0.25) is 4.72 Å². The molecule has 7 heteroatoms. The van der Waals surface area contributed by atoms with Gasteiger partial charge < -0.3 is 5.73 Å². The number of nitrogens with one attached hydrogen (secondary N) is 1. The third-order valence-corrected chi connectivity index (χ3v) is 2.71. The van der Waals surface area contributed by atoms with E-state index >= 15 is 0 Å². The van der Waals surface area contributed by atoms with Gasteiger partial charge in [-0.05, 0) is 12.1 Å². The smallest absolute Gasteiger partial charge is 0.320 e. The second kappa shape index (κ2) is 5.61. The Hall–Kier alpha value is -1.65. The van der Waals surface area contributed by atoms with Crippen molar-refractivity contribution in [1.29, 1.82) is 0 Å². The molecule has 0 aromatic heterocycles. The predicted molar refractivity (Wildman–Crippen MR) is 60.9 cm³/mol. The molecule has 1 rings (SSSR count).